The number of phenols is 1. The van der Waals surface area contributed by atoms with Crippen molar-refractivity contribution in [1.82, 2.24) is 9.88 Å². The van der Waals surface area contributed by atoms with Crippen LogP contribution in [0.1, 0.15) is 39.1 Å². The average Bonchev–Trinajstić information content (AvgIpc) is 3.36. The Kier molecular flexibility index (Phi) is 6.55. The number of aromatic hydroxyl groups is 1. The fraction of sp³-hybridized carbons (Fsp3) is 0.167. The van der Waals surface area contributed by atoms with E-state index in [9.17, 15) is 14.7 Å². The number of hydrogen-bond acceptors (Lipinski definition) is 5. The number of hydrogen-bond donors (Lipinski definition) is 4. The number of pyridine rings is 1. The normalized spacial score (nSPS) is 12.9. The second-order valence-corrected chi connectivity index (χ2v) is 8.03. The van der Waals surface area contributed by atoms with Crippen LogP contribution in [0.4, 0.5) is 11.5 Å². The van der Waals surface area contributed by atoms with Gasteiger partial charge in [-0.25, -0.2) is 4.98 Å². The second-order valence-electron chi connectivity index (χ2n) is 7.59. The molecule has 1 fully saturated rings. The number of aromatic nitrogens is 1. The van der Waals surface area contributed by atoms with Crippen LogP contribution in [0.15, 0.2) is 60.8 Å². The Morgan fingerprint density at radius 2 is 1.64 bits per heavy atom. The highest BCUT2D eigenvalue weighted by atomic mass is 35.5. The molecule has 1 aromatic heterocycles. The molecule has 168 valence electrons. The maximum atomic E-state index is 12.8. The van der Waals surface area contributed by atoms with E-state index in [1.54, 1.807) is 36.4 Å². The van der Waals surface area contributed by atoms with Crippen molar-refractivity contribution in [3.63, 3.8) is 0 Å². The molecule has 2 heterocycles. The number of halogens is 1. The van der Waals surface area contributed by atoms with Crippen molar-refractivity contribution in [2.45, 2.75) is 12.8 Å². The first-order valence-corrected chi connectivity index (χ1v) is 10.8. The maximum Gasteiger partial charge on any atom is 0.259 e. The largest absolute Gasteiger partial charge is 0.506 e. The fourth-order valence-corrected chi connectivity index (χ4v) is 3.69. The third-order valence-corrected chi connectivity index (χ3v) is 5.56. The molecule has 0 spiro atoms. The Bertz CT molecular complexity index is 1190. The van der Waals surface area contributed by atoms with Gasteiger partial charge in [0.25, 0.3) is 11.8 Å². The van der Waals surface area contributed by atoms with E-state index in [4.69, 9.17) is 17.0 Å². The molecule has 2 aromatic carbocycles. The molecule has 1 aliphatic rings. The lowest BCUT2D eigenvalue weighted by atomic mass is 10.1. The first-order chi connectivity index (χ1) is 15.9. The number of carbonyl (C=O) groups excluding carboxylic acids is 2. The molecule has 1 saturated heterocycles. The van der Waals surface area contributed by atoms with Crippen LogP contribution in [-0.2, 0) is 0 Å². The molecular formula is C24H22ClN5O3. The maximum absolute atomic E-state index is 12.8. The smallest absolute Gasteiger partial charge is 0.259 e. The van der Waals surface area contributed by atoms with Gasteiger partial charge in [0.05, 0.1) is 16.3 Å². The molecule has 2 amide bonds. The molecule has 0 saturated carbocycles. The Balaban J connectivity index is 1.50. The number of amides is 2. The van der Waals surface area contributed by atoms with Crippen LogP contribution >= 0.6 is 11.6 Å². The molecule has 0 bridgehead atoms. The summed E-state index contributed by atoms with van der Waals surface area (Å²) in [5, 5.41) is 24.3. The van der Waals surface area contributed by atoms with Gasteiger partial charge in [0.2, 0.25) is 0 Å². The van der Waals surface area contributed by atoms with Crippen LogP contribution < -0.4 is 10.6 Å². The summed E-state index contributed by atoms with van der Waals surface area (Å²) >= 11 is 5.82. The summed E-state index contributed by atoms with van der Waals surface area (Å²) in [6.45, 7) is 1.73. The Morgan fingerprint density at radius 1 is 0.939 bits per heavy atom. The first kappa shape index (κ1) is 22.3. The number of anilines is 2. The first-order valence-electron chi connectivity index (χ1n) is 10.4. The average molecular weight is 464 g/mol. The molecular weight excluding hydrogens is 442 g/mol. The van der Waals surface area contributed by atoms with Gasteiger partial charge in [0, 0.05) is 30.4 Å². The van der Waals surface area contributed by atoms with Gasteiger partial charge in [0.15, 0.2) is 0 Å². The van der Waals surface area contributed by atoms with E-state index in [1.807, 2.05) is 4.90 Å². The third kappa shape index (κ3) is 5.12. The van der Waals surface area contributed by atoms with Crippen LogP contribution in [-0.4, -0.2) is 45.7 Å². The Labute approximate surface area is 195 Å². The predicted octanol–water partition coefficient (Wildman–Crippen LogP) is 4.37. The van der Waals surface area contributed by atoms with Crippen molar-refractivity contribution in [2.75, 3.05) is 23.7 Å². The minimum Gasteiger partial charge on any atom is -0.506 e. The topological polar surface area (TPSA) is 118 Å². The summed E-state index contributed by atoms with van der Waals surface area (Å²) < 4.78 is 0. The number of rotatable bonds is 5. The lowest BCUT2D eigenvalue weighted by molar-refractivity contribution is 0.102. The molecule has 0 atom stereocenters. The van der Waals surface area contributed by atoms with Crippen molar-refractivity contribution < 1.29 is 14.7 Å². The lowest BCUT2D eigenvalue weighted by Gasteiger charge is -2.18. The summed E-state index contributed by atoms with van der Waals surface area (Å²) in [5.41, 5.74) is 1.13. The Morgan fingerprint density at radius 3 is 2.30 bits per heavy atom. The van der Waals surface area contributed by atoms with E-state index < -0.39 is 11.8 Å². The highest BCUT2D eigenvalue weighted by Crippen LogP contribution is 2.28. The van der Waals surface area contributed by atoms with Gasteiger partial charge in [-0.1, -0.05) is 29.8 Å². The number of amidine groups is 1. The van der Waals surface area contributed by atoms with Crippen LogP contribution in [0.25, 0.3) is 0 Å². The molecule has 0 aliphatic carbocycles. The molecule has 3 aromatic rings. The van der Waals surface area contributed by atoms with Gasteiger partial charge in [-0.05, 0) is 49.2 Å². The fourth-order valence-electron chi connectivity index (χ4n) is 3.58. The Hall–Kier alpha value is -3.91. The molecule has 4 N–H and O–H groups in total. The zero-order chi connectivity index (χ0) is 23.4. The number of likely N-dealkylation sites (tertiary alicyclic amines) is 1. The molecule has 0 unspecified atom stereocenters. The predicted molar refractivity (Wildman–Crippen MR) is 127 cm³/mol. The quantitative estimate of drug-likeness (QED) is 0.254. The number of benzene rings is 2. The summed E-state index contributed by atoms with van der Waals surface area (Å²) in [6, 6.07) is 14.2. The van der Waals surface area contributed by atoms with E-state index in [-0.39, 0.29) is 22.8 Å². The molecule has 33 heavy (non-hydrogen) atoms. The van der Waals surface area contributed by atoms with E-state index in [2.05, 4.69) is 15.6 Å². The zero-order valence-electron chi connectivity index (χ0n) is 17.6. The summed E-state index contributed by atoms with van der Waals surface area (Å²) in [7, 11) is 0. The van der Waals surface area contributed by atoms with Crippen molar-refractivity contribution in [1.29, 1.82) is 5.41 Å². The van der Waals surface area contributed by atoms with E-state index >= 15 is 0 Å². The summed E-state index contributed by atoms with van der Waals surface area (Å²) in [4.78, 5) is 31.6. The molecule has 4 rings (SSSR count). The van der Waals surface area contributed by atoms with Crippen molar-refractivity contribution in [3.8, 4) is 5.75 Å². The molecule has 0 radical (unpaired) electrons. The monoisotopic (exact) mass is 463 g/mol. The number of carbonyl (C=O) groups is 2. The lowest BCUT2D eigenvalue weighted by Crippen LogP contribution is -2.27. The van der Waals surface area contributed by atoms with E-state index in [0.29, 0.717) is 16.4 Å². The standard InChI is InChI=1S/C24H22ClN5O3/c25-17-10-11-20(27-14-17)28-24(33)18-4-3-5-19(31)21(18)29-23(32)16-8-6-15(7-9-16)22(26)30-12-1-2-13-30/h3-11,14,26,31H,1-2,12-13H2,(H,29,32)(H,27,28,33). The van der Waals surface area contributed by atoms with Gasteiger partial charge < -0.3 is 20.6 Å². The van der Waals surface area contributed by atoms with Crippen LogP contribution in [0.2, 0.25) is 5.02 Å². The summed E-state index contributed by atoms with van der Waals surface area (Å²) in [5.74, 6) is -0.566. The summed E-state index contributed by atoms with van der Waals surface area (Å²) in [6.07, 6.45) is 3.55. The van der Waals surface area contributed by atoms with Gasteiger partial charge in [-0.3, -0.25) is 15.0 Å². The third-order valence-electron chi connectivity index (χ3n) is 5.34. The van der Waals surface area contributed by atoms with Gasteiger partial charge in [0.1, 0.15) is 17.4 Å². The van der Waals surface area contributed by atoms with Gasteiger partial charge >= 0.3 is 0 Å². The number of nitrogens with one attached hydrogen (secondary N) is 3. The van der Waals surface area contributed by atoms with Crippen molar-refractivity contribution in [2.24, 2.45) is 0 Å². The van der Waals surface area contributed by atoms with Crippen LogP contribution in [0, 0.1) is 5.41 Å². The van der Waals surface area contributed by atoms with Crippen LogP contribution in [0.3, 0.4) is 0 Å². The minimum atomic E-state index is -0.551. The highest BCUT2D eigenvalue weighted by Gasteiger charge is 2.20. The van der Waals surface area contributed by atoms with Crippen molar-refractivity contribution >= 4 is 40.8 Å². The van der Waals surface area contributed by atoms with E-state index in [1.165, 1.54) is 24.4 Å². The van der Waals surface area contributed by atoms with Crippen molar-refractivity contribution in [3.05, 3.63) is 82.5 Å². The van der Waals surface area contributed by atoms with Gasteiger partial charge in [-0.2, -0.15) is 0 Å². The van der Waals surface area contributed by atoms with E-state index in [0.717, 1.165) is 31.5 Å². The molecule has 8 nitrogen and oxygen atoms in total. The number of phenolic OH excluding ortho intramolecular Hbond substituents is 1. The number of nitrogens with zero attached hydrogens (tertiary/aromatic N) is 2. The van der Waals surface area contributed by atoms with Gasteiger partial charge in [-0.15, -0.1) is 0 Å². The SMILES string of the molecule is N=C(c1ccc(C(=O)Nc2c(O)cccc2C(=O)Nc2ccc(Cl)cn2)cc1)N1CCCC1. The zero-order valence-corrected chi connectivity index (χ0v) is 18.4. The minimum absolute atomic E-state index is 0.0113. The number of para-hydroxylation sites is 1. The second kappa shape index (κ2) is 9.70. The molecule has 1 aliphatic heterocycles. The van der Waals surface area contributed by atoms with Crippen LogP contribution in [0.5, 0.6) is 5.75 Å². The highest BCUT2D eigenvalue weighted by molar-refractivity contribution is 6.30. The molecule has 9 heteroatoms.